The molecule has 0 aromatic heterocycles. The highest BCUT2D eigenvalue weighted by molar-refractivity contribution is 5.44. The van der Waals surface area contributed by atoms with Gasteiger partial charge < -0.3 is 23.8 Å². The molecule has 154 valence electrons. The molecule has 1 saturated heterocycles. The van der Waals surface area contributed by atoms with Gasteiger partial charge >= 0.3 is 0 Å². The number of hydrogen-bond acceptors (Lipinski definition) is 5. The van der Waals surface area contributed by atoms with Gasteiger partial charge in [0, 0.05) is 18.5 Å². The lowest BCUT2D eigenvalue weighted by atomic mass is 9.99. The number of hydrogen-bond donors (Lipinski definition) is 0. The predicted octanol–water partition coefficient (Wildman–Crippen LogP) is 4.61. The molecule has 1 aliphatic rings. The van der Waals surface area contributed by atoms with Crippen molar-refractivity contribution in [3.63, 3.8) is 0 Å². The van der Waals surface area contributed by atoms with E-state index >= 15 is 0 Å². The molecule has 2 rings (SSSR count). The molecule has 0 radical (unpaired) electrons. The van der Waals surface area contributed by atoms with Gasteiger partial charge in [0.05, 0.1) is 27.4 Å². The highest BCUT2D eigenvalue weighted by Gasteiger charge is 2.38. The van der Waals surface area contributed by atoms with E-state index in [1.165, 1.54) is 5.57 Å². The van der Waals surface area contributed by atoms with Crippen LogP contribution in [0.5, 0.6) is 11.5 Å². The average Bonchev–Trinajstić information content (AvgIpc) is 3.17. The maximum absolute atomic E-state index is 6.03. The standard InChI is InChI=1S/C20H31NO4.C2H6/c1-16(2)9-12-21(3)11-6-10-20(24-13-14-25-20)17-7-8-18(22-4)19(15-17)23-5;1-2/h7-8,15H,1,6,9-14H2,2-5H3;1-2H3. The van der Waals surface area contributed by atoms with Gasteiger partial charge in [0.1, 0.15) is 0 Å². The van der Waals surface area contributed by atoms with Crippen LogP contribution in [0.25, 0.3) is 0 Å². The summed E-state index contributed by atoms with van der Waals surface area (Å²) in [6, 6.07) is 5.85. The van der Waals surface area contributed by atoms with Gasteiger partial charge in [-0.3, -0.25) is 0 Å². The summed E-state index contributed by atoms with van der Waals surface area (Å²) in [6.07, 6.45) is 2.82. The van der Waals surface area contributed by atoms with E-state index in [0.717, 1.165) is 37.9 Å². The average molecular weight is 380 g/mol. The van der Waals surface area contributed by atoms with Crippen LogP contribution in [0.2, 0.25) is 0 Å². The topological polar surface area (TPSA) is 40.2 Å². The minimum absolute atomic E-state index is 0.611. The Morgan fingerprint density at radius 1 is 1.11 bits per heavy atom. The van der Waals surface area contributed by atoms with E-state index in [2.05, 4.69) is 25.5 Å². The van der Waals surface area contributed by atoms with Crippen LogP contribution in [0.3, 0.4) is 0 Å². The van der Waals surface area contributed by atoms with Gasteiger partial charge in [-0.1, -0.05) is 19.4 Å². The highest BCUT2D eigenvalue weighted by Crippen LogP contribution is 2.39. The summed E-state index contributed by atoms with van der Waals surface area (Å²) in [6.45, 7) is 13.3. The molecule has 5 heteroatoms. The Balaban J connectivity index is 0.00000176. The van der Waals surface area contributed by atoms with Crippen LogP contribution in [-0.4, -0.2) is 52.5 Å². The third kappa shape index (κ3) is 6.83. The molecule has 0 bridgehead atoms. The molecular weight excluding hydrogens is 342 g/mol. The number of benzene rings is 1. The first-order valence-corrected chi connectivity index (χ1v) is 9.84. The molecular formula is C22H37NO4. The van der Waals surface area contributed by atoms with Gasteiger partial charge in [0.25, 0.3) is 0 Å². The van der Waals surface area contributed by atoms with Crippen LogP contribution < -0.4 is 9.47 Å². The maximum Gasteiger partial charge on any atom is 0.195 e. The molecule has 1 heterocycles. The zero-order valence-corrected chi connectivity index (χ0v) is 18.0. The van der Waals surface area contributed by atoms with E-state index in [0.29, 0.717) is 24.7 Å². The molecule has 27 heavy (non-hydrogen) atoms. The summed E-state index contributed by atoms with van der Waals surface area (Å²) < 4.78 is 22.8. The second-order valence-electron chi connectivity index (χ2n) is 6.63. The predicted molar refractivity (Wildman–Crippen MR) is 111 cm³/mol. The van der Waals surface area contributed by atoms with Crippen molar-refractivity contribution in [1.29, 1.82) is 0 Å². The zero-order valence-electron chi connectivity index (χ0n) is 18.0. The molecule has 0 N–H and O–H groups in total. The summed E-state index contributed by atoms with van der Waals surface area (Å²) in [5.74, 6) is 0.713. The zero-order chi connectivity index (χ0) is 20.3. The summed E-state index contributed by atoms with van der Waals surface area (Å²) in [5.41, 5.74) is 2.20. The normalized spacial score (nSPS) is 15.2. The largest absolute Gasteiger partial charge is 0.493 e. The van der Waals surface area contributed by atoms with Gasteiger partial charge in [-0.25, -0.2) is 0 Å². The molecule has 1 fully saturated rings. The van der Waals surface area contributed by atoms with E-state index in [9.17, 15) is 0 Å². The van der Waals surface area contributed by atoms with Crippen molar-refractivity contribution < 1.29 is 18.9 Å². The van der Waals surface area contributed by atoms with Crippen LogP contribution in [0.1, 0.15) is 45.6 Å². The van der Waals surface area contributed by atoms with E-state index in [4.69, 9.17) is 18.9 Å². The first-order valence-electron chi connectivity index (χ1n) is 9.84. The molecule has 1 aromatic carbocycles. The van der Waals surface area contributed by atoms with Crippen molar-refractivity contribution in [3.05, 3.63) is 35.9 Å². The lowest BCUT2D eigenvalue weighted by Crippen LogP contribution is -2.29. The Kier molecular flexibility index (Phi) is 10.4. The first kappa shape index (κ1) is 23.5. The van der Waals surface area contributed by atoms with Crippen LogP contribution in [0.4, 0.5) is 0 Å². The Morgan fingerprint density at radius 3 is 2.30 bits per heavy atom. The molecule has 5 nitrogen and oxygen atoms in total. The van der Waals surface area contributed by atoms with E-state index in [1.807, 2.05) is 32.0 Å². The number of methoxy groups -OCH3 is 2. The van der Waals surface area contributed by atoms with E-state index in [-0.39, 0.29) is 0 Å². The minimum Gasteiger partial charge on any atom is -0.493 e. The smallest absolute Gasteiger partial charge is 0.195 e. The Bertz CT molecular complexity index is 567. The summed E-state index contributed by atoms with van der Waals surface area (Å²) in [5, 5.41) is 0. The lowest BCUT2D eigenvalue weighted by Gasteiger charge is -2.29. The fourth-order valence-corrected chi connectivity index (χ4v) is 3.06. The fourth-order valence-electron chi connectivity index (χ4n) is 3.06. The van der Waals surface area contributed by atoms with E-state index < -0.39 is 5.79 Å². The van der Waals surface area contributed by atoms with Crippen molar-refractivity contribution >= 4 is 0 Å². The molecule has 0 unspecified atom stereocenters. The van der Waals surface area contributed by atoms with Gasteiger partial charge in [-0.2, -0.15) is 0 Å². The highest BCUT2D eigenvalue weighted by atomic mass is 16.7. The number of nitrogens with zero attached hydrogens (tertiary/aromatic N) is 1. The van der Waals surface area contributed by atoms with Crippen LogP contribution >= 0.6 is 0 Å². The fraction of sp³-hybridized carbons (Fsp3) is 0.636. The van der Waals surface area contributed by atoms with Gasteiger partial charge in [0.15, 0.2) is 17.3 Å². The van der Waals surface area contributed by atoms with Crippen molar-refractivity contribution in [2.75, 3.05) is 47.6 Å². The van der Waals surface area contributed by atoms with Gasteiger partial charge in [0.2, 0.25) is 0 Å². The maximum atomic E-state index is 6.03. The van der Waals surface area contributed by atoms with Crippen LogP contribution in [-0.2, 0) is 15.3 Å². The molecule has 0 atom stereocenters. The third-order valence-corrected chi connectivity index (χ3v) is 4.54. The molecule has 0 spiro atoms. The Morgan fingerprint density at radius 2 is 1.74 bits per heavy atom. The molecule has 0 aliphatic carbocycles. The quantitative estimate of drug-likeness (QED) is 0.555. The molecule has 1 aliphatic heterocycles. The first-order chi connectivity index (χ1) is 13.0. The second kappa shape index (κ2) is 12.0. The second-order valence-corrected chi connectivity index (χ2v) is 6.63. The van der Waals surface area contributed by atoms with E-state index in [1.54, 1.807) is 14.2 Å². The monoisotopic (exact) mass is 379 g/mol. The number of ether oxygens (including phenoxy) is 4. The molecule has 1 aromatic rings. The summed E-state index contributed by atoms with van der Waals surface area (Å²) >= 11 is 0. The minimum atomic E-state index is -0.686. The van der Waals surface area contributed by atoms with Crippen molar-refractivity contribution in [1.82, 2.24) is 4.90 Å². The molecule has 0 amide bonds. The SMILES string of the molecule is C=C(C)CCN(C)CCCC1(c2ccc(OC)c(OC)c2)OCCO1.CC. The Hall–Kier alpha value is -1.56. The van der Waals surface area contributed by atoms with Crippen molar-refractivity contribution in [2.45, 2.75) is 45.8 Å². The van der Waals surface area contributed by atoms with Gasteiger partial charge in [-0.05, 0) is 51.6 Å². The molecule has 0 saturated carbocycles. The van der Waals surface area contributed by atoms with Crippen molar-refractivity contribution in [2.24, 2.45) is 0 Å². The summed E-state index contributed by atoms with van der Waals surface area (Å²) in [7, 11) is 5.42. The lowest BCUT2D eigenvalue weighted by molar-refractivity contribution is -0.172. The van der Waals surface area contributed by atoms with Crippen molar-refractivity contribution in [3.8, 4) is 11.5 Å². The van der Waals surface area contributed by atoms with Crippen LogP contribution in [0.15, 0.2) is 30.4 Å². The van der Waals surface area contributed by atoms with Crippen LogP contribution in [0, 0.1) is 0 Å². The van der Waals surface area contributed by atoms with Gasteiger partial charge in [-0.15, -0.1) is 6.58 Å². The Labute approximate surface area is 165 Å². The number of rotatable bonds is 10. The summed E-state index contributed by atoms with van der Waals surface area (Å²) in [4.78, 5) is 2.33. The third-order valence-electron chi connectivity index (χ3n) is 4.54.